The van der Waals surface area contributed by atoms with E-state index in [0.717, 1.165) is 6.07 Å². The average molecular weight is 458 g/mol. The molecule has 176 valence electrons. The summed E-state index contributed by atoms with van der Waals surface area (Å²) < 4.78 is 30.2. The number of benzene rings is 2. The lowest BCUT2D eigenvalue weighted by molar-refractivity contribution is -0.140. The van der Waals surface area contributed by atoms with Crippen molar-refractivity contribution in [1.29, 1.82) is 0 Å². The zero-order valence-electron chi connectivity index (χ0n) is 19.2. The highest BCUT2D eigenvalue weighted by atomic mass is 19.1. The van der Waals surface area contributed by atoms with E-state index in [1.807, 2.05) is 19.0 Å². The minimum atomic E-state index is -0.983. The normalized spacial score (nSPS) is 17.5. The van der Waals surface area contributed by atoms with Crippen molar-refractivity contribution in [2.45, 2.75) is 6.04 Å². The van der Waals surface area contributed by atoms with Crippen LogP contribution in [0.25, 0.3) is 5.76 Å². The summed E-state index contributed by atoms with van der Waals surface area (Å²) in [5, 5.41) is 11.2. The molecule has 1 heterocycles. The predicted octanol–water partition coefficient (Wildman–Crippen LogP) is 2.83. The van der Waals surface area contributed by atoms with Gasteiger partial charge < -0.3 is 29.1 Å². The Bertz CT molecular complexity index is 1100. The van der Waals surface area contributed by atoms with Crippen LogP contribution in [0.3, 0.4) is 0 Å². The summed E-state index contributed by atoms with van der Waals surface area (Å²) in [5.74, 6) is -1.95. The maximum absolute atomic E-state index is 14.0. The Labute approximate surface area is 191 Å². The molecule has 1 aliphatic heterocycles. The molecule has 1 amide bonds. The number of halogens is 1. The molecule has 1 saturated heterocycles. The molecule has 1 fully saturated rings. The van der Waals surface area contributed by atoms with Crippen LogP contribution < -0.4 is 14.2 Å². The summed E-state index contributed by atoms with van der Waals surface area (Å²) in [4.78, 5) is 29.5. The molecule has 0 aliphatic carbocycles. The second-order valence-electron chi connectivity index (χ2n) is 7.72. The monoisotopic (exact) mass is 458 g/mol. The molecule has 8 nitrogen and oxygen atoms in total. The highest BCUT2D eigenvalue weighted by Crippen LogP contribution is 2.46. The number of ketones is 1. The molecule has 2 aromatic carbocycles. The number of hydrogen-bond donors (Lipinski definition) is 1. The Balaban J connectivity index is 2.30. The van der Waals surface area contributed by atoms with Gasteiger partial charge in [-0.1, -0.05) is 12.1 Å². The third kappa shape index (κ3) is 4.49. The molecule has 0 unspecified atom stereocenters. The number of ether oxygens (including phenoxy) is 3. The van der Waals surface area contributed by atoms with Gasteiger partial charge >= 0.3 is 0 Å². The van der Waals surface area contributed by atoms with Crippen LogP contribution in [-0.2, 0) is 9.59 Å². The average Bonchev–Trinajstić information content (AvgIpc) is 3.06. The summed E-state index contributed by atoms with van der Waals surface area (Å²) in [6.45, 7) is 0.679. The first-order valence-electron chi connectivity index (χ1n) is 10.2. The summed E-state index contributed by atoms with van der Waals surface area (Å²) >= 11 is 0. The summed E-state index contributed by atoms with van der Waals surface area (Å²) in [7, 11) is 7.97. The van der Waals surface area contributed by atoms with E-state index in [1.54, 1.807) is 18.2 Å². The molecule has 0 spiro atoms. The summed E-state index contributed by atoms with van der Waals surface area (Å²) in [6, 6.07) is 7.66. The number of likely N-dealkylation sites (N-methyl/N-ethyl adjacent to an activating group) is 1. The first-order chi connectivity index (χ1) is 15.7. The predicted molar refractivity (Wildman–Crippen MR) is 120 cm³/mol. The molecule has 0 radical (unpaired) electrons. The van der Waals surface area contributed by atoms with Crippen LogP contribution in [0.2, 0.25) is 0 Å². The number of para-hydroxylation sites is 1. The number of aliphatic hydroxyl groups excluding tert-OH is 1. The van der Waals surface area contributed by atoms with E-state index >= 15 is 0 Å². The van der Waals surface area contributed by atoms with Crippen molar-refractivity contribution >= 4 is 17.4 Å². The standard InChI is InChI=1S/C24H27FN2O6/c1-26(2)11-12-27-20(15-7-6-8-18(32-4)23(15)33-5)19(22(29)24(27)30)21(28)16-13-14(25)9-10-17(16)31-3/h6-10,13,20,28H,11-12H2,1-5H3/t20-/m1/s1. The molecule has 33 heavy (non-hydrogen) atoms. The zero-order valence-corrected chi connectivity index (χ0v) is 19.2. The van der Waals surface area contributed by atoms with Crippen molar-refractivity contribution < 1.29 is 33.3 Å². The van der Waals surface area contributed by atoms with E-state index in [9.17, 15) is 19.1 Å². The molecule has 1 aliphatic rings. The van der Waals surface area contributed by atoms with Crippen molar-refractivity contribution in [1.82, 2.24) is 9.80 Å². The molecule has 3 rings (SSSR count). The van der Waals surface area contributed by atoms with Crippen molar-refractivity contribution in [3.63, 3.8) is 0 Å². The molecule has 2 aromatic rings. The fourth-order valence-electron chi connectivity index (χ4n) is 3.88. The second kappa shape index (κ2) is 9.91. The van der Waals surface area contributed by atoms with Crippen LogP contribution in [0.15, 0.2) is 42.0 Å². The smallest absolute Gasteiger partial charge is 0.295 e. The van der Waals surface area contributed by atoms with Crippen LogP contribution >= 0.6 is 0 Å². The molecule has 1 N–H and O–H groups in total. The summed E-state index contributed by atoms with van der Waals surface area (Å²) in [6.07, 6.45) is 0. The van der Waals surface area contributed by atoms with Crippen LogP contribution in [0, 0.1) is 5.82 Å². The van der Waals surface area contributed by atoms with Crippen LogP contribution in [0.5, 0.6) is 17.2 Å². The van der Waals surface area contributed by atoms with E-state index in [0.29, 0.717) is 23.6 Å². The molecule has 0 bridgehead atoms. The topological polar surface area (TPSA) is 88.5 Å². The second-order valence-corrected chi connectivity index (χ2v) is 7.72. The maximum Gasteiger partial charge on any atom is 0.295 e. The lowest BCUT2D eigenvalue weighted by Gasteiger charge is -2.28. The molecular formula is C24H27FN2O6. The lowest BCUT2D eigenvalue weighted by Crippen LogP contribution is -2.35. The summed E-state index contributed by atoms with van der Waals surface area (Å²) in [5.41, 5.74) is 0.232. The van der Waals surface area contributed by atoms with Gasteiger partial charge in [-0.2, -0.15) is 0 Å². The van der Waals surface area contributed by atoms with Crippen LogP contribution in [-0.4, -0.2) is 75.1 Å². The third-order valence-electron chi connectivity index (χ3n) is 5.47. The first kappa shape index (κ1) is 24.1. The SMILES string of the molecule is COc1ccc(F)cc1C(O)=C1C(=O)C(=O)N(CCN(C)C)[C@@H]1c1cccc(OC)c1OC. The third-order valence-corrected chi connectivity index (χ3v) is 5.47. The zero-order chi connectivity index (χ0) is 24.3. The van der Waals surface area contributed by atoms with Crippen molar-refractivity contribution in [2.75, 3.05) is 48.5 Å². The van der Waals surface area contributed by atoms with Crippen molar-refractivity contribution in [3.8, 4) is 17.2 Å². The molecule has 1 atom stereocenters. The number of Topliss-reactive ketones (excluding diaryl/α,β-unsaturated/α-hetero) is 1. The van der Waals surface area contributed by atoms with E-state index in [2.05, 4.69) is 0 Å². The van der Waals surface area contributed by atoms with Gasteiger partial charge in [0.25, 0.3) is 11.7 Å². The van der Waals surface area contributed by atoms with Gasteiger partial charge in [0, 0.05) is 18.7 Å². The van der Waals surface area contributed by atoms with Gasteiger partial charge in [0.2, 0.25) is 0 Å². The van der Waals surface area contributed by atoms with Gasteiger partial charge in [-0.15, -0.1) is 0 Å². The number of methoxy groups -OCH3 is 3. The van der Waals surface area contributed by atoms with E-state index in [4.69, 9.17) is 14.2 Å². The minimum Gasteiger partial charge on any atom is -0.507 e. The molecular weight excluding hydrogens is 431 g/mol. The highest BCUT2D eigenvalue weighted by molar-refractivity contribution is 6.46. The van der Waals surface area contributed by atoms with Gasteiger partial charge in [-0.05, 0) is 38.4 Å². The first-order valence-corrected chi connectivity index (χ1v) is 10.2. The number of aliphatic hydroxyl groups is 1. The van der Waals surface area contributed by atoms with Crippen molar-refractivity contribution in [2.24, 2.45) is 0 Å². The highest BCUT2D eigenvalue weighted by Gasteiger charge is 2.47. The lowest BCUT2D eigenvalue weighted by atomic mass is 9.94. The van der Waals surface area contributed by atoms with Gasteiger partial charge in [0.1, 0.15) is 17.3 Å². The minimum absolute atomic E-state index is 0.0324. The Morgan fingerprint density at radius 1 is 1.06 bits per heavy atom. The molecule has 0 saturated carbocycles. The number of rotatable bonds is 8. The van der Waals surface area contributed by atoms with Gasteiger partial charge in [0.15, 0.2) is 11.5 Å². The number of hydrogen-bond acceptors (Lipinski definition) is 7. The van der Waals surface area contributed by atoms with Gasteiger partial charge in [-0.3, -0.25) is 9.59 Å². The van der Waals surface area contributed by atoms with Crippen LogP contribution in [0.1, 0.15) is 17.2 Å². The number of carbonyl (C=O) groups excluding carboxylic acids is 2. The number of likely N-dealkylation sites (tertiary alicyclic amines) is 1. The fraction of sp³-hybridized carbons (Fsp3) is 0.333. The Morgan fingerprint density at radius 3 is 2.36 bits per heavy atom. The Kier molecular flexibility index (Phi) is 7.23. The molecule has 0 aromatic heterocycles. The Hall–Kier alpha value is -3.59. The van der Waals surface area contributed by atoms with Gasteiger partial charge in [0.05, 0.1) is 38.5 Å². The quantitative estimate of drug-likeness (QED) is 0.370. The molecule has 9 heteroatoms. The maximum atomic E-state index is 14.0. The number of nitrogens with zero attached hydrogens (tertiary/aromatic N) is 2. The van der Waals surface area contributed by atoms with Crippen molar-refractivity contribution in [3.05, 3.63) is 58.9 Å². The van der Waals surface area contributed by atoms with E-state index < -0.39 is 29.3 Å². The number of amides is 1. The van der Waals surface area contributed by atoms with Gasteiger partial charge in [-0.25, -0.2) is 4.39 Å². The largest absolute Gasteiger partial charge is 0.507 e. The van der Waals surface area contributed by atoms with E-state index in [1.165, 1.54) is 38.4 Å². The fourth-order valence-corrected chi connectivity index (χ4v) is 3.88. The Morgan fingerprint density at radius 2 is 1.76 bits per heavy atom. The number of carbonyl (C=O) groups is 2. The van der Waals surface area contributed by atoms with Crippen LogP contribution in [0.4, 0.5) is 4.39 Å². The van der Waals surface area contributed by atoms with E-state index in [-0.39, 0.29) is 23.4 Å².